The van der Waals surface area contributed by atoms with E-state index in [0.717, 1.165) is 16.5 Å². The highest BCUT2D eigenvalue weighted by molar-refractivity contribution is 8.01. The molecule has 1 aromatic rings. The summed E-state index contributed by atoms with van der Waals surface area (Å²) >= 11 is 3.15. The van der Waals surface area contributed by atoms with Crippen molar-refractivity contribution in [2.24, 2.45) is 0 Å². The molecule has 7 heteroatoms. The molecule has 0 bridgehead atoms. The first-order valence-corrected chi connectivity index (χ1v) is 7.30. The summed E-state index contributed by atoms with van der Waals surface area (Å²) in [5.41, 5.74) is 5.52. The number of thioether (sulfide) groups is 1. The average Bonchev–Trinajstić information content (AvgIpc) is 2.67. The van der Waals surface area contributed by atoms with E-state index in [2.05, 4.69) is 9.88 Å². The van der Waals surface area contributed by atoms with E-state index in [1.165, 1.54) is 11.3 Å². The predicted octanol–water partition coefficient (Wildman–Crippen LogP) is 2.55. The summed E-state index contributed by atoms with van der Waals surface area (Å²) in [4.78, 5) is 6.06. The maximum Gasteiger partial charge on any atom is 0.250 e. The van der Waals surface area contributed by atoms with Gasteiger partial charge >= 0.3 is 0 Å². The monoisotopic (exact) mass is 279 g/mol. The lowest BCUT2D eigenvalue weighted by molar-refractivity contribution is -0.0539. The normalized spacial score (nSPS) is 20.6. The number of rotatable bonds is 4. The van der Waals surface area contributed by atoms with Crippen LogP contribution in [0.4, 0.5) is 13.9 Å². The van der Waals surface area contributed by atoms with Crippen LogP contribution in [0.3, 0.4) is 0 Å². The van der Waals surface area contributed by atoms with Gasteiger partial charge in [0.05, 0.1) is 10.4 Å². The van der Waals surface area contributed by atoms with Crippen molar-refractivity contribution in [1.82, 2.24) is 9.88 Å². The second kappa shape index (κ2) is 5.49. The fraction of sp³-hybridized carbons (Fsp3) is 0.700. The molecule has 2 rings (SSSR count). The maximum absolute atomic E-state index is 12.9. The molecule has 1 aromatic heterocycles. The SMILES string of the molecule is Nc1ncc(SCCN2CCC(F)(F)CC2)s1. The summed E-state index contributed by atoms with van der Waals surface area (Å²) in [6.07, 6.45) is 1.74. The molecule has 0 aliphatic carbocycles. The number of aromatic nitrogens is 1. The van der Waals surface area contributed by atoms with Gasteiger partial charge in [0.2, 0.25) is 0 Å². The fourth-order valence-electron chi connectivity index (χ4n) is 1.72. The van der Waals surface area contributed by atoms with Crippen LogP contribution in [-0.4, -0.2) is 41.2 Å². The Balaban J connectivity index is 1.66. The number of halogens is 2. The highest BCUT2D eigenvalue weighted by atomic mass is 32.2. The minimum Gasteiger partial charge on any atom is -0.375 e. The molecule has 0 atom stereocenters. The minimum atomic E-state index is -2.45. The number of anilines is 1. The second-order valence-electron chi connectivity index (χ2n) is 4.06. The van der Waals surface area contributed by atoms with Gasteiger partial charge in [0.25, 0.3) is 5.92 Å². The van der Waals surface area contributed by atoms with Gasteiger partial charge in [0.15, 0.2) is 5.13 Å². The summed E-state index contributed by atoms with van der Waals surface area (Å²) in [6.45, 7) is 1.84. The molecule has 0 spiro atoms. The van der Waals surface area contributed by atoms with Gasteiger partial charge in [0, 0.05) is 38.2 Å². The molecule has 1 aliphatic heterocycles. The first-order valence-electron chi connectivity index (χ1n) is 5.49. The topological polar surface area (TPSA) is 42.1 Å². The number of nitrogen functional groups attached to an aromatic ring is 1. The third kappa shape index (κ3) is 4.08. The molecule has 1 fully saturated rings. The third-order valence-electron chi connectivity index (χ3n) is 2.74. The largest absolute Gasteiger partial charge is 0.375 e. The van der Waals surface area contributed by atoms with Crippen LogP contribution >= 0.6 is 23.1 Å². The van der Waals surface area contributed by atoms with Crippen LogP contribution in [0, 0.1) is 0 Å². The van der Waals surface area contributed by atoms with E-state index in [1.807, 2.05) is 0 Å². The van der Waals surface area contributed by atoms with Crippen molar-refractivity contribution < 1.29 is 8.78 Å². The van der Waals surface area contributed by atoms with E-state index < -0.39 is 5.92 Å². The Morgan fingerprint density at radius 2 is 2.18 bits per heavy atom. The highest BCUT2D eigenvalue weighted by Crippen LogP contribution is 2.29. The van der Waals surface area contributed by atoms with Gasteiger partial charge in [-0.25, -0.2) is 13.8 Å². The van der Waals surface area contributed by atoms with Crippen molar-refractivity contribution in [3.8, 4) is 0 Å². The van der Waals surface area contributed by atoms with Gasteiger partial charge in [0.1, 0.15) is 0 Å². The van der Waals surface area contributed by atoms with Crippen LogP contribution in [0.1, 0.15) is 12.8 Å². The molecule has 0 amide bonds. The van der Waals surface area contributed by atoms with Crippen molar-refractivity contribution in [1.29, 1.82) is 0 Å². The number of nitrogens with zero attached hydrogens (tertiary/aromatic N) is 2. The molecule has 96 valence electrons. The summed E-state index contributed by atoms with van der Waals surface area (Å²) in [5, 5.41) is 0.574. The van der Waals surface area contributed by atoms with E-state index in [9.17, 15) is 8.78 Å². The van der Waals surface area contributed by atoms with Crippen molar-refractivity contribution in [2.45, 2.75) is 23.0 Å². The van der Waals surface area contributed by atoms with Crippen molar-refractivity contribution in [2.75, 3.05) is 31.1 Å². The molecule has 17 heavy (non-hydrogen) atoms. The van der Waals surface area contributed by atoms with Gasteiger partial charge in [-0.05, 0) is 0 Å². The van der Waals surface area contributed by atoms with Gasteiger partial charge in [-0.1, -0.05) is 11.3 Å². The average molecular weight is 279 g/mol. The summed E-state index contributed by atoms with van der Waals surface area (Å²) in [5.74, 6) is -1.55. The van der Waals surface area contributed by atoms with Crippen LogP contribution in [0.25, 0.3) is 0 Å². The number of piperidine rings is 1. The van der Waals surface area contributed by atoms with Crippen molar-refractivity contribution in [3.05, 3.63) is 6.20 Å². The molecule has 1 aliphatic rings. The molecule has 0 saturated carbocycles. The molecule has 2 N–H and O–H groups in total. The summed E-state index contributed by atoms with van der Waals surface area (Å²) < 4.78 is 26.9. The molecular weight excluding hydrogens is 264 g/mol. The fourth-order valence-corrected chi connectivity index (χ4v) is 3.55. The third-order valence-corrected chi connectivity index (χ3v) is 4.74. The van der Waals surface area contributed by atoms with Crippen LogP contribution < -0.4 is 5.73 Å². The van der Waals surface area contributed by atoms with Crippen LogP contribution in [-0.2, 0) is 0 Å². The number of nitrogens with two attached hydrogens (primary N) is 1. The van der Waals surface area contributed by atoms with Crippen LogP contribution in [0.15, 0.2) is 10.4 Å². The van der Waals surface area contributed by atoms with Gasteiger partial charge in [-0.15, -0.1) is 11.8 Å². The van der Waals surface area contributed by atoms with Crippen molar-refractivity contribution in [3.63, 3.8) is 0 Å². The molecule has 3 nitrogen and oxygen atoms in total. The number of hydrogen-bond acceptors (Lipinski definition) is 5. The van der Waals surface area contributed by atoms with Gasteiger partial charge in [-0.2, -0.15) is 0 Å². The first kappa shape index (κ1) is 13.0. The van der Waals surface area contributed by atoms with Gasteiger partial charge < -0.3 is 10.6 Å². The Bertz CT molecular complexity index is 360. The summed E-state index contributed by atoms with van der Waals surface area (Å²) in [6, 6.07) is 0. The lowest BCUT2D eigenvalue weighted by Crippen LogP contribution is -2.40. The van der Waals surface area contributed by atoms with E-state index in [-0.39, 0.29) is 12.8 Å². The Hall–Kier alpha value is -0.400. The number of thiazole rings is 1. The Morgan fingerprint density at radius 3 is 2.76 bits per heavy atom. The quantitative estimate of drug-likeness (QED) is 0.860. The lowest BCUT2D eigenvalue weighted by atomic mass is 10.1. The smallest absolute Gasteiger partial charge is 0.250 e. The molecule has 1 saturated heterocycles. The zero-order chi connectivity index (χ0) is 12.3. The number of hydrogen-bond donors (Lipinski definition) is 1. The molecule has 0 radical (unpaired) electrons. The van der Waals surface area contributed by atoms with Crippen molar-refractivity contribution >= 4 is 28.2 Å². The second-order valence-corrected chi connectivity index (χ2v) is 6.52. The van der Waals surface area contributed by atoms with E-state index in [0.29, 0.717) is 18.2 Å². The van der Waals surface area contributed by atoms with E-state index in [1.54, 1.807) is 18.0 Å². The standard InChI is InChI=1S/C10H15F2N3S2/c11-10(12)1-3-15(4-2-10)5-6-16-8-7-14-9(13)17-8/h7H,1-6H2,(H2,13,14). The van der Waals surface area contributed by atoms with E-state index in [4.69, 9.17) is 5.73 Å². The van der Waals surface area contributed by atoms with Gasteiger partial charge in [-0.3, -0.25) is 0 Å². The molecular formula is C10H15F2N3S2. The maximum atomic E-state index is 12.9. The van der Waals surface area contributed by atoms with Crippen LogP contribution in [0.2, 0.25) is 0 Å². The Labute approximate surface area is 107 Å². The molecule has 0 aromatic carbocycles. The Kier molecular flexibility index (Phi) is 4.22. The van der Waals surface area contributed by atoms with E-state index >= 15 is 0 Å². The zero-order valence-corrected chi connectivity index (χ0v) is 11.0. The minimum absolute atomic E-state index is 0.00876. The molecule has 0 unspecified atom stereocenters. The predicted molar refractivity (Wildman–Crippen MR) is 67.9 cm³/mol. The van der Waals surface area contributed by atoms with Crippen LogP contribution in [0.5, 0.6) is 0 Å². The highest BCUT2D eigenvalue weighted by Gasteiger charge is 2.33. The molecule has 2 heterocycles. The summed E-state index contributed by atoms with van der Waals surface area (Å²) in [7, 11) is 0. The Morgan fingerprint density at radius 1 is 1.47 bits per heavy atom. The lowest BCUT2D eigenvalue weighted by Gasteiger charge is -2.31. The first-order chi connectivity index (χ1) is 8.05. The number of alkyl halides is 2. The number of likely N-dealkylation sites (tertiary alicyclic amines) is 1. The zero-order valence-electron chi connectivity index (χ0n) is 9.36.